The summed E-state index contributed by atoms with van der Waals surface area (Å²) in [4.78, 5) is 31.4. The molecule has 1 aromatic rings. The molecule has 0 unspecified atom stereocenters. The highest BCUT2D eigenvalue weighted by atomic mass is 19.1. The minimum atomic E-state index is -0.802. The molecule has 6 heteroatoms. The van der Waals surface area contributed by atoms with Gasteiger partial charge < -0.3 is 14.7 Å². The minimum Gasteiger partial charge on any atom is -0.368 e. The van der Waals surface area contributed by atoms with Crippen LogP contribution < -0.4 is 4.90 Å². The largest absolute Gasteiger partial charge is 0.368 e. The lowest BCUT2D eigenvalue weighted by Crippen LogP contribution is -2.53. The van der Waals surface area contributed by atoms with E-state index in [0.717, 1.165) is 5.69 Å². The SMILES string of the molecule is CCN(CC)C(=O)C1(C(=O)N2CCN(c3ccc(F)cc3)CC2)CC1. The van der Waals surface area contributed by atoms with Gasteiger partial charge in [-0.15, -0.1) is 0 Å². The summed E-state index contributed by atoms with van der Waals surface area (Å²) >= 11 is 0. The molecule has 25 heavy (non-hydrogen) atoms. The maximum Gasteiger partial charge on any atom is 0.238 e. The van der Waals surface area contributed by atoms with Crippen molar-refractivity contribution in [3.63, 3.8) is 0 Å². The standard InChI is InChI=1S/C19H26FN3O2/c1-3-21(4-2)17(24)19(9-10-19)18(25)23-13-11-22(12-14-23)16-7-5-15(20)6-8-16/h5-8H,3-4,9-14H2,1-2H3. The Morgan fingerprint density at radius 3 is 2.08 bits per heavy atom. The third kappa shape index (κ3) is 3.34. The maximum absolute atomic E-state index is 13.1. The van der Waals surface area contributed by atoms with E-state index in [-0.39, 0.29) is 17.6 Å². The van der Waals surface area contributed by atoms with Crippen molar-refractivity contribution in [3.05, 3.63) is 30.1 Å². The Balaban J connectivity index is 1.62. The predicted molar refractivity (Wildman–Crippen MR) is 94.8 cm³/mol. The van der Waals surface area contributed by atoms with Gasteiger partial charge in [-0.2, -0.15) is 0 Å². The molecule has 136 valence electrons. The smallest absolute Gasteiger partial charge is 0.238 e. The molecule has 5 nitrogen and oxygen atoms in total. The van der Waals surface area contributed by atoms with Crippen LogP contribution in [0.2, 0.25) is 0 Å². The van der Waals surface area contributed by atoms with Crippen molar-refractivity contribution in [3.8, 4) is 0 Å². The van der Waals surface area contributed by atoms with Gasteiger partial charge in [-0.25, -0.2) is 4.39 Å². The van der Waals surface area contributed by atoms with E-state index in [2.05, 4.69) is 4.90 Å². The van der Waals surface area contributed by atoms with Crippen LogP contribution in [0.5, 0.6) is 0 Å². The minimum absolute atomic E-state index is 0.0107. The van der Waals surface area contributed by atoms with E-state index in [1.165, 1.54) is 12.1 Å². The normalized spacial score (nSPS) is 18.8. The summed E-state index contributed by atoms with van der Waals surface area (Å²) in [5.41, 5.74) is 0.165. The van der Waals surface area contributed by atoms with Gasteiger partial charge in [0.2, 0.25) is 11.8 Å². The molecule has 1 aliphatic heterocycles. The summed E-state index contributed by atoms with van der Waals surface area (Å²) in [6, 6.07) is 6.43. The lowest BCUT2D eigenvalue weighted by molar-refractivity contribution is -0.149. The van der Waals surface area contributed by atoms with Crippen molar-refractivity contribution < 1.29 is 14.0 Å². The molecular formula is C19H26FN3O2. The summed E-state index contributed by atoms with van der Waals surface area (Å²) in [5.74, 6) is -0.269. The fraction of sp³-hybridized carbons (Fsp3) is 0.579. The van der Waals surface area contributed by atoms with Crippen LogP contribution in [0.15, 0.2) is 24.3 Å². The third-order valence-corrected chi connectivity index (χ3v) is 5.38. The van der Waals surface area contributed by atoms with Gasteiger partial charge in [-0.3, -0.25) is 9.59 Å². The first-order valence-corrected chi connectivity index (χ1v) is 9.11. The van der Waals surface area contributed by atoms with E-state index >= 15 is 0 Å². The molecule has 1 aliphatic carbocycles. The highest BCUT2D eigenvalue weighted by Gasteiger charge is 2.59. The first-order valence-electron chi connectivity index (χ1n) is 9.11. The number of benzene rings is 1. The van der Waals surface area contributed by atoms with E-state index in [1.807, 2.05) is 18.7 Å². The number of piperazine rings is 1. The van der Waals surface area contributed by atoms with E-state index < -0.39 is 5.41 Å². The maximum atomic E-state index is 13.1. The number of halogens is 1. The van der Waals surface area contributed by atoms with Gasteiger partial charge in [0.15, 0.2) is 0 Å². The number of amides is 2. The third-order valence-electron chi connectivity index (χ3n) is 5.38. The zero-order valence-corrected chi connectivity index (χ0v) is 15.0. The van der Waals surface area contributed by atoms with Gasteiger partial charge in [0.05, 0.1) is 0 Å². The Morgan fingerprint density at radius 2 is 1.60 bits per heavy atom. The highest BCUT2D eigenvalue weighted by molar-refractivity contribution is 6.07. The molecule has 0 bridgehead atoms. The predicted octanol–water partition coefficient (Wildman–Crippen LogP) is 2.12. The molecule has 0 spiro atoms. The van der Waals surface area contributed by atoms with Gasteiger partial charge in [-0.05, 0) is 51.0 Å². The van der Waals surface area contributed by atoms with Gasteiger partial charge in [0.25, 0.3) is 0 Å². The van der Waals surface area contributed by atoms with Crippen LogP contribution in [0.4, 0.5) is 10.1 Å². The molecule has 0 atom stereocenters. The highest BCUT2D eigenvalue weighted by Crippen LogP contribution is 2.49. The lowest BCUT2D eigenvalue weighted by Gasteiger charge is -2.38. The number of hydrogen-bond acceptors (Lipinski definition) is 3. The van der Waals surface area contributed by atoms with Crippen LogP contribution in [-0.4, -0.2) is 60.9 Å². The average Bonchev–Trinajstić information content (AvgIpc) is 3.45. The van der Waals surface area contributed by atoms with E-state index in [4.69, 9.17) is 0 Å². The van der Waals surface area contributed by atoms with Gasteiger partial charge in [-0.1, -0.05) is 0 Å². The zero-order valence-electron chi connectivity index (χ0n) is 15.0. The van der Waals surface area contributed by atoms with Crippen LogP contribution in [-0.2, 0) is 9.59 Å². The number of hydrogen-bond donors (Lipinski definition) is 0. The number of anilines is 1. The van der Waals surface area contributed by atoms with Crippen molar-refractivity contribution in [2.75, 3.05) is 44.2 Å². The molecule has 0 N–H and O–H groups in total. The van der Waals surface area contributed by atoms with Crippen molar-refractivity contribution in [2.45, 2.75) is 26.7 Å². The zero-order chi connectivity index (χ0) is 18.0. The van der Waals surface area contributed by atoms with Crippen molar-refractivity contribution in [2.24, 2.45) is 5.41 Å². The van der Waals surface area contributed by atoms with E-state index in [9.17, 15) is 14.0 Å². The molecule has 1 heterocycles. The second-order valence-corrected chi connectivity index (χ2v) is 6.82. The molecule has 2 fully saturated rings. The van der Waals surface area contributed by atoms with E-state index in [0.29, 0.717) is 52.1 Å². The molecule has 2 aliphatic rings. The van der Waals surface area contributed by atoms with Crippen LogP contribution in [0.1, 0.15) is 26.7 Å². The summed E-state index contributed by atoms with van der Waals surface area (Å²) in [6.45, 7) is 7.78. The van der Waals surface area contributed by atoms with Gasteiger partial charge in [0, 0.05) is 45.0 Å². The van der Waals surface area contributed by atoms with Crippen LogP contribution in [0.3, 0.4) is 0 Å². The van der Waals surface area contributed by atoms with Gasteiger partial charge in [0.1, 0.15) is 11.2 Å². The van der Waals surface area contributed by atoms with Crippen molar-refractivity contribution in [1.29, 1.82) is 0 Å². The number of carbonyl (C=O) groups is 2. The molecule has 3 rings (SSSR count). The van der Waals surface area contributed by atoms with Crippen LogP contribution >= 0.6 is 0 Å². The number of rotatable bonds is 5. The summed E-state index contributed by atoms with van der Waals surface area (Å²) in [7, 11) is 0. The lowest BCUT2D eigenvalue weighted by atomic mass is 10.0. The van der Waals surface area contributed by atoms with Crippen molar-refractivity contribution in [1.82, 2.24) is 9.80 Å². The second kappa shape index (κ2) is 7.02. The second-order valence-electron chi connectivity index (χ2n) is 6.82. The summed E-state index contributed by atoms with van der Waals surface area (Å²) in [6.07, 6.45) is 1.33. The molecule has 1 aromatic carbocycles. The average molecular weight is 347 g/mol. The Bertz CT molecular complexity index is 631. The first-order chi connectivity index (χ1) is 12.0. The Labute approximate surface area is 148 Å². The fourth-order valence-electron chi connectivity index (χ4n) is 3.58. The summed E-state index contributed by atoms with van der Waals surface area (Å²) in [5, 5.41) is 0. The molecule has 0 aromatic heterocycles. The van der Waals surface area contributed by atoms with Crippen molar-refractivity contribution >= 4 is 17.5 Å². The topological polar surface area (TPSA) is 43.9 Å². The molecule has 2 amide bonds. The molecule has 0 radical (unpaired) electrons. The van der Waals surface area contributed by atoms with Crippen LogP contribution in [0, 0.1) is 11.2 Å². The first kappa shape index (κ1) is 17.7. The summed E-state index contributed by atoms with van der Waals surface area (Å²) < 4.78 is 13.1. The quantitative estimate of drug-likeness (QED) is 0.767. The number of carbonyl (C=O) groups excluding carboxylic acids is 2. The molecular weight excluding hydrogens is 321 g/mol. The Hall–Kier alpha value is -2.11. The van der Waals surface area contributed by atoms with E-state index in [1.54, 1.807) is 17.0 Å². The monoisotopic (exact) mass is 347 g/mol. The molecule has 1 saturated heterocycles. The number of nitrogens with zero attached hydrogens (tertiary/aromatic N) is 3. The van der Waals surface area contributed by atoms with Crippen LogP contribution in [0.25, 0.3) is 0 Å². The Morgan fingerprint density at radius 1 is 1.04 bits per heavy atom. The van der Waals surface area contributed by atoms with Gasteiger partial charge >= 0.3 is 0 Å². The Kier molecular flexibility index (Phi) is 4.97. The molecule has 1 saturated carbocycles. The fourth-order valence-corrected chi connectivity index (χ4v) is 3.58.